The van der Waals surface area contributed by atoms with E-state index in [1.807, 2.05) is 0 Å². The fourth-order valence-electron chi connectivity index (χ4n) is 4.09. The summed E-state index contributed by atoms with van der Waals surface area (Å²) in [5, 5.41) is 13.1. The van der Waals surface area contributed by atoms with Crippen LogP contribution in [0.3, 0.4) is 0 Å². The fraction of sp³-hybridized carbons (Fsp3) is 0.684. The van der Waals surface area contributed by atoms with Crippen molar-refractivity contribution in [1.82, 2.24) is 10.2 Å². The highest BCUT2D eigenvalue weighted by molar-refractivity contribution is 5.14. The summed E-state index contributed by atoms with van der Waals surface area (Å²) in [5.74, 6) is 1.54. The van der Waals surface area contributed by atoms with Gasteiger partial charge in [0.25, 0.3) is 0 Å². The van der Waals surface area contributed by atoms with Crippen LogP contribution in [0.4, 0.5) is 0 Å². The van der Waals surface area contributed by atoms with E-state index in [1.165, 1.54) is 37.9 Å². The predicted molar refractivity (Wildman–Crippen MR) is 90.6 cm³/mol. The molecule has 1 aromatic carbocycles. The van der Waals surface area contributed by atoms with Crippen LogP contribution in [0.25, 0.3) is 0 Å². The molecule has 3 rings (SSSR count). The van der Waals surface area contributed by atoms with Crippen molar-refractivity contribution in [3.05, 3.63) is 35.9 Å². The molecule has 3 heteroatoms. The third-order valence-corrected chi connectivity index (χ3v) is 5.41. The standard InChI is InChI=1S/C19H30N2O/c1-15-9-19(10-15)21-13-17(7-8-22)11-18(14-21)20-12-16-5-3-2-4-6-16/h2-6,15,17-20,22H,7-14H2,1H3. The zero-order valence-electron chi connectivity index (χ0n) is 13.7. The highest BCUT2D eigenvalue weighted by Gasteiger charge is 2.36. The minimum Gasteiger partial charge on any atom is -0.396 e. The molecular weight excluding hydrogens is 272 g/mol. The van der Waals surface area contributed by atoms with E-state index in [0.29, 0.717) is 18.6 Å². The minimum atomic E-state index is 0.324. The van der Waals surface area contributed by atoms with Gasteiger partial charge in [0.1, 0.15) is 0 Å². The van der Waals surface area contributed by atoms with Crippen LogP contribution in [0.1, 0.15) is 38.2 Å². The highest BCUT2D eigenvalue weighted by atomic mass is 16.3. The summed E-state index contributed by atoms with van der Waals surface area (Å²) >= 11 is 0. The van der Waals surface area contributed by atoms with Crippen molar-refractivity contribution < 1.29 is 5.11 Å². The maximum Gasteiger partial charge on any atom is 0.0434 e. The summed E-state index contributed by atoms with van der Waals surface area (Å²) in [6.07, 6.45) is 4.86. The summed E-state index contributed by atoms with van der Waals surface area (Å²) < 4.78 is 0. The average Bonchev–Trinajstić information content (AvgIpc) is 2.51. The number of rotatable bonds is 6. The van der Waals surface area contributed by atoms with E-state index in [9.17, 15) is 5.11 Å². The van der Waals surface area contributed by atoms with Gasteiger partial charge in [0.15, 0.2) is 0 Å². The molecule has 2 N–H and O–H groups in total. The Hall–Kier alpha value is -0.900. The molecule has 0 amide bonds. The SMILES string of the molecule is CC1CC(N2CC(CCO)CC(NCc3ccccc3)C2)C1. The minimum absolute atomic E-state index is 0.324. The van der Waals surface area contributed by atoms with Crippen LogP contribution in [-0.2, 0) is 6.54 Å². The van der Waals surface area contributed by atoms with Crippen molar-refractivity contribution in [1.29, 1.82) is 0 Å². The van der Waals surface area contributed by atoms with Gasteiger partial charge in [0.2, 0.25) is 0 Å². The maximum atomic E-state index is 9.31. The lowest BCUT2D eigenvalue weighted by Crippen LogP contribution is -2.55. The molecular formula is C19H30N2O. The van der Waals surface area contributed by atoms with E-state index in [0.717, 1.165) is 24.9 Å². The fourth-order valence-corrected chi connectivity index (χ4v) is 4.09. The van der Waals surface area contributed by atoms with Gasteiger partial charge in [-0.15, -0.1) is 0 Å². The van der Waals surface area contributed by atoms with Gasteiger partial charge in [-0.3, -0.25) is 4.90 Å². The van der Waals surface area contributed by atoms with Gasteiger partial charge < -0.3 is 10.4 Å². The molecule has 0 spiro atoms. The van der Waals surface area contributed by atoms with E-state index < -0.39 is 0 Å². The molecule has 0 bridgehead atoms. The van der Waals surface area contributed by atoms with Gasteiger partial charge in [-0.05, 0) is 43.1 Å². The number of nitrogens with zero attached hydrogens (tertiary/aromatic N) is 1. The summed E-state index contributed by atoms with van der Waals surface area (Å²) in [6.45, 7) is 5.99. The van der Waals surface area contributed by atoms with E-state index >= 15 is 0 Å². The Kier molecular flexibility index (Phi) is 5.51. The first kappa shape index (κ1) is 16.0. The summed E-state index contributed by atoms with van der Waals surface area (Å²) in [5.41, 5.74) is 1.36. The highest BCUT2D eigenvalue weighted by Crippen LogP contribution is 2.34. The first-order valence-electron chi connectivity index (χ1n) is 8.86. The van der Waals surface area contributed by atoms with Crippen molar-refractivity contribution in [2.75, 3.05) is 19.7 Å². The molecule has 3 nitrogen and oxygen atoms in total. The molecule has 0 aromatic heterocycles. The molecule has 1 saturated carbocycles. The number of hydrogen-bond acceptors (Lipinski definition) is 3. The van der Waals surface area contributed by atoms with Crippen LogP contribution in [-0.4, -0.2) is 41.8 Å². The molecule has 2 atom stereocenters. The molecule has 1 saturated heterocycles. The molecule has 2 unspecified atom stereocenters. The van der Waals surface area contributed by atoms with Crippen LogP contribution < -0.4 is 5.32 Å². The third-order valence-electron chi connectivity index (χ3n) is 5.41. The molecule has 1 aliphatic heterocycles. The smallest absolute Gasteiger partial charge is 0.0434 e. The predicted octanol–water partition coefficient (Wildman–Crippen LogP) is 2.65. The lowest BCUT2D eigenvalue weighted by molar-refractivity contribution is 0.0279. The van der Waals surface area contributed by atoms with E-state index in [1.54, 1.807) is 0 Å². The second kappa shape index (κ2) is 7.58. The summed E-state index contributed by atoms with van der Waals surface area (Å²) in [7, 11) is 0. The molecule has 122 valence electrons. The molecule has 1 aliphatic carbocycles. The number of aliphatic hydroxyl groups excluding tert-OH is 1. The Morgan fingerprint density at radius 2 is 1.91 bits per heavy atom. The van der Waals surface area contributed by atoms with Gasteiger partial charge in [0.05, 0.1) is 0 Å². The second-order valence-electron chi connectivity index (χ2n) is 7.36. The summed E-state index contributed by atoms with van der Waals surface area (Å²) in [4.78, 5) is 2.69. The number of likely N-dealkylation sites (tertiary alicyclic amines) is 1. The topological polar surface area (TPSA) is 35.5 Å². The van der Waals surface area contributed by atoms with Crippen molar-refractivity contribution in [3.8, 4) is 0 Å². The lowest BCUT2D eigenvalue weighted by Gasteiger charge is -2.47. The molecule has 0 radical (unpaired) electrons. The third kappa shape index (κ3) is 4.09. The number of nitrogens with one attached hydrogen (secondary N) is 1. The van der Waals surface area contributed by atoms with Crippen LogP contribution in [0, 0.1) is 11.8 Å². The average molecular weight is 302 g/mol. The van der Waals surface area contributed by atoms with Crippen molar-refractivity contribution in [3.63, 3.8) is 0 Å². The monoisotopic (exact) mass is 302 g/mol. The first-order chi connectivity index (χ1) is 10.7. The van der Waals surface area contributed by atoms with Gasteiger partial charge in [-0.1, -0.05) is 37.3 Å². The van der Waals surface area contributed by atoms with Crippen LogP contribution in [0.5, 0.6) is 0 Å². The number of piperidine rings is 1. The van der Waals surface area contributed by atoms with Gasteiger partial charge in [0, 0.05) is 38.3 Å². The summed E-state index contributed by atoms with van der Waals surface area (Å²) in [6, 6.07) is 12.0. The Morgan fingerprint density at radius 3 is 2.59 bits per heavy atom. The van der Waals surface area contributed by atoms with Gasteiger partial charge >= 0.3 is 0 Å². The van der Waals surface area contributed by atoms with Gasteiger partial charge in [-0.25, -0.2) is 0 Å². The molecule has 2 fully saturated rings. The van der Waals surface area contributed by atoms with Crippen LogP contribution in [0.15, 0.2) is 30.3 Å². The van der Waals surface area contributed by atoms with Crippen molar-refractivity contribution >= 4 is 0 Å². The van der Waals surface area contributed by atoms with E-state index in [-0.39, 0.29) is 0 Å². The van der Waals surface area contributed by atoms with Crippen molar-refractivity contribution in [2.24, 2.45) is 11.8 Å². The zero-order chi connectivity index (χ0) is 15.4. The Balaban J connectivity index is 1.54. The Labute approximate surface area is 134 Å². The second-order valence-corrected chi connectivity index (χ2v) is 7.36. The molecule has 2 aliphatic rings. The molecule has 1 heterocycles. The zero-order valence-corrected chi connectivity index (χ0v) is 13.7. The lowest BCUT2D eigenvalue weighted by atomic mass is 9.78. The first-order valence-corrected chi connectivity index (χ1v) is 8.86. The largest absolute Gasteiger partial charge is 0.396 e. The number of hydrogen-bond donors (Lipinski definition) is 2. The maximum absolute atomic E-state index is 9.31. The van der Waals surface area contributed by atoms with Crippen LogP contribution in [0.2, 0.25) is 0 Å². The Bertz CT molecular complexity index is 444. The quantitative estimate of drug-likeness (QED) is 0.848. The van der Waals surface area contributed by atoms with Gasteiger partial charge in [-0.2, -0.15) is 0 Å². The number of benzene rings is 1. The normalized spacial score (nSPS) is 32.6. The number of aliphatic hydroxyl groups is 1. The van der Waals surface area contributed by atoms with E-state index in [2.05, 4.69) is 47.5 Å². The molecule has 1 aromatic rings. The Morgan fingerprint density at radius 1 is 1.14 bits per heavy atom. The molecule has 22 heavy (non-hydrogen) atoms. The van der Waals surface area contributed by atoms with E-state index in [4.69, 9.17) is 0 Å². The van der Waals surface area contributed by atoms with Crippen LogP contribution >= 0.6 is 0 Å². The van der Waals surface area contributed by atoms with Crippen molar-refractivity contribution in [2.45, 2.75) is 51.2 Å².